The van der Waals surface area contributed by atoms with Crippen LogP contribution >= 0.6 is 0 Å². The predicted octanol–water partition coefficient (Wildman–Crippen LogP) is 2.78. The topological polar surface area (TPSA) is 62.6 Å². The maximum absolute atomic E-state index is 14.2. The number of aryl methyl sites for hydroxylation is 1. The first-order valence-electron chi connectivity index (χ1n) is 9.10. The summed E-state index contributed by atoms with van der Waals surface area (Å²) in [5.41, 5.74) is 3.67. The van der Waals surface area contributed by atoms with Gasteiger partial charge in [0.25, 0.3) is 5.56 Å². The Morgan fingerprint density at radius 2 is 2.15 bits per heavy atom. The second kappa shape index (κ2) is 6.81. The van der Waals surface area contributed by atoms with Gasteiger partial charge in [-0.3, -0.25) is 14.8 Å². The zero-order valence-corrected chi connectivity index (χ0v) is 15.8. The van der Waals surface area contributed by atoms with Gasteiger partial charge in [-0.25, -0.2) is 13.9 Å². The van der Waals surface area contributed by atoms with Crippen LogP contribution in [0.5, 0.6) is 5.75 Å². The zero-order valence-electron chi connectivity index (χ0n) is 15.8. The molecular formula is C20H23FN4O2. The number of H-pyrrole nitrogens is 1. The van der Waals surface area contributed by atoms with Crippen molar-refractivity contribution in [3.8, 4) is 5.75 Å². The van der Waals surface area contributed by atoms with E-state index < -0.39 is 0 Å². The van der Waals surface area contributed by atoms with E-state index in [0.717, 1.165) is 30.9 Å². The molecule has 0 unspecified atom stereocenters. The molecule has 0 amide bonds. The molecule has 0 spiro atoms. The molecule has 0 saturated carbocycles. The lowest BCUT2D eigenvalue weighted by Gasteiger charge is -2.16. The van der Waals surface area contributed by atoms with Gasteiger partial charge in [0.15, 0.2) is 5.65 Å². The molecule has 0 bridgehead atoms. The third-order valence-electron chi connectivity index (χ3n) is 5.47. The second-order valence-electron chi connectivity index (χ2n) is 7.21. The molecule has 1 N–H and O–H groups in total. The minimum atomic E-state index is -0.245. The summed E-state index contributed by atoms with van der Waals surface area (Å²) in [6.45, 7) is 5.89. The Morgan fingerprint density at radius 1 is 1.33 bits per heavy atom. The van der Waals surface area contributed by atoms with E-state index in [1.807, 2.05) is 13.0 Å². The summed E-state index contributed by atoms with van der Waals surface area (Å²) >= 11 is 0. The molecule has 1 aliphatic heterocycles. The fourth-order valence-electron chi connectivity index (χ4n) is 3.70. The summed E-state index contributed by atoms with van der Waals surface area (Å²) < 4.78 is 20.8. The van der Waals surface area contributed by atoms with E-state index in [2.05, 4.69) is 15.0 Å². The number of likely N-dealkylation sites (tertiary alicyclic amines) is 1. The lowest BCUT2D eigenvalue weighted by atomic mass is 10.1. The maximum Gasteiger partial charge on any atom is 0.275 e. The van der Waals surface area contributed by atoms with Crippen LogP contribution in [-0.4, -0.2) is 39.7 Å². The molecule has 7 heteroatoms. The highest BCUT2D eigenvalue weighted by Crippen LogP contribution is 2.28. The van der Waals surface area contributed by atoms with Crippen molar-refractivity contribution in [2.45, 2.75) is 32.7 Å². The third kappa shape index (κ3) is 3.23. The molecule has 1 aromatic carbocycles. The molecule has 1 atom stereocenters. The van der Waals surface area contributed by atoms with Gasteiger partial charge in [0.1, 0.15) is 11.6 Å². The largest absolute Gasteiger partial charge is 0.497 e. The third-order valence-corrected chi connectivity index (χ3v) is 5.47. The highest BCUT2D eigenvalue weighted by molar-refractivity contribution is 5.42. The van der Waals surface area contributed by atoms with Crippen molar-refractivity contribution < 1.29 is 9.13 Å². The number of aromatic amines is 1. The predicted molar refractivity (Wildman–Crippen MR) is 101 cm³/mol. The van der Waals surface area contributed by atoms with E-state index >= 15 is 0 Å². The number of halogens is 1. The molecule has 1 aliphatic rings. The fourth-order valence-corrected chi connectivity index (χ4v) is 3.70. The van der Waals surface area contributed by atoms with Crippen LogP contribution in [0.25, 0.3) is 5.65 Å². The van der Waals surface area contributed by atoms with Crippen LogP contribution in [0.15, 0.2) is 29.1 Å². The molecule has 1 saturated heterocycles. The summed E-state index contributed by atoms with van der Waals surface area (Å²) in [5, 5.41) is 3.21. The van der Waals surface area contributed by atoms with Gasteiger partial charge < -0.3 is 4.74 Å². The van der Waals surface area contributed by atoms with E-state index in [9.17, 15) is 9.18 Å². The minimum absolute atomic E-state index is 0.0566. The van der Waals surface area contributed by atoms with Crippen molar-refractivity contribution >= 4 is 5.65 Å². The summed E-state index contributed by atoms with van der Waals surface area (Å²) in [6, 6.07) is 6.94. The number of methoxy groups -OCH3 is 1. The lowest BCUT2D eigenvalue weighted by molar-refractivity contribution is 0.320. The average Bonchev–Trinajstić information content (AvgIpc) is 3.28. The van der Waals surface area contributed by atoms with Crippen LogP contribution < -0.4 is 10.3 Å². The Kier molecular flexibility index (Phi) is 4.47. The van der Waals surface area contributed by atoms with E-state index in [1.165, 1.54) is 17.7 Å². The number of hydrogen-bond acceptors (Lipinski definition) is 4. The number of ether oxygens (including phenoxy) is 1. The van der Waals surface area contributed by atoms with Crippen molar-refractivity contribution in [3.05, 3.63) is 63.0 Å². The van der Waals surface area contributed by atoms with Crippen LogP contribution in [0.3, 0.4) is 0 Å². The number of hydrogen-bond donors (Lipinski definition) is 1. The molecule has 6 nitrogen and oxygen atoms in total. The van der Waals surface area contributed by atoms with Gasteiger partial charge >= 0.3 is 0 Å². The number of benzene rings is 1. The standard InChI is InChI=1S/C20H23FN4O2/c1-12-13(2)22-19-9-18(23-25(19)20(12)26)15-6-7-24(11-15)10-14-4-5-16(27-3)8-17(14)21/h4-5,8-9,15,23H,6-7,10-11H2,1-3H3/t15-/m1/s1. The van der Waals surface area contributed by atoms with Crippen LogP contribution in [-0.2, 0) is 6.54 Å². The van der Waals surface area contributed by atoms with Gasteiger partial charge in [-0.2, -0.15) is 0 Å². The molecule has 3 heterocycles. The van der Waals surface area contributed by atoms with Gasteiger partial charge in [0.05, 0.1) is 7.11 Å². The highest BCUT2D eigenvalue weighted by atomic mass is 19.1. The van der Waals surface area contributed by atoms with Gasteiger partial charge in [-0.15, -0.1) is 0 Å². The van der Waals surface area contributed by atoms with Gasteiger partial charge in [-0.1, -0.05) is 6.07 Å². The molecule has 3 aromatic rings. The monoisotopic (exact) mass is 370 g/mol. The average molecular weight is 370 g/mol. The molecule has 27 heavy (non-hydrogen) atoms. The first-order chi connectivity index (χ1) is 13.0. The van der Waals surface area contributed by atoms with E-state index in [0.29, 0.717) is 29.1 Å². The Balaban J connectivity index is 1.52. The lowest BCUT2D eigenvalue weighted by Crippen LogP contribution is -2.21. The van der Waals surface area contributed by atoms with Gasteiger partial charge in [0.2, 0.25) is 0 Å². The van der Waals surface area contributed by atoms with Crippen molar-refractivity contribution in [1.82, 2.24) is 19.5 Å². The van der Waals surface area contributed by atoms with Crippen molar-refractivity contribution in [3.63, 3.8) is 0 Å². The fraction of sp³-hybridized carbons (Fsp3) is 0.400. The van der Waals surface area contributed by atoms with Crippen molar-refractivity contribution in [2.75, 3.05) is 20.2 Å². The van der Waals surface area contributed by atoms with E-state index in [-0.39, 0.29) is 17.3 Å². The molecule has 0 aliphatic carbocycles. The zero-order chi connectivity index (χ0) is 19.1. The van der Waals surface area contributed by atoms with Crippen LogP contribution in [0.4, 0.5) is 4.39 Å². The van der Waals surface area contributed by atoms with Crippen LogP contribution in [0.1, 0.15) is 34.9 Å². The smallest absolute Gasteiger partial charge is 0.275 e. The Labute approximate surface area is 156 Å². The maximum atomic E-state index is 14.2. The van der Waals surface area contributed by atoms with E-state index in [4.69, 9.17) is 4.74 Å². The highest BCUT2D eigenvalue weighted by Gasteiger charge is 2.26. The molecule has 142 valence electrons. The minimum Gasteiger partial charge on any atom is -0.497 e. The summed E-state index contributed by atoms with van der Waals surface area (Å²) in [4.78, 5) is 19.1. The normalized spacial score (nSPS) is 17.7. The number of aromatic nitrogens is 3. The molecular weight excluding hydrogens is 347 g/mol. The first-order valence-corrected chi connectivity index (χ1v) is 9.10. The summed E-state index contributed by atoms with van der Waals surface area (Å²) in [5.74, 6) is 0.551. The molecule has 1 fully saturated rings. The summed E-state index contributed by atoms with van der Waals surface area (Å²) in [7, 11) is 1.53. The number of nitrogens with zero attached hydrogens (tertiary/aromatic N) is 3. The Bertz CT molecular complexity index is 1060. The quantitative estimate of drug-likeness (QED) is 0.767. The molecule has 4 rings (SSSR count). The Hall–Kier alpha value is -2.67. The summed E-state index contributed by atoms with van der Waals surface area (Å²) in [6.07, 6.45) is 0.956. The Morgan fingerprint density at radius 3 is 2.89 bits per heavy atom. The number of rotatable bonds is 4. The van der Waals surface area contributed by atoms with Gasteiger partial charge in [0, 0.05) is 53.7 Å². The number of nitrogens with one attached hydrogen (secondary N) is 1. The van der Waals surface area contributed by atoms with Crippen molar-refractivity contribution in [2.24, 2.45) is 0 Å². The van der Waals surface area contributed by atoms with Crippen LogP contribution in [0, 0.1) is 19.7 Å². The molecule has 0 radical (unpaired) electrons. The van der Waals surface area contributed by atoms with Crippen molar-refractivity contribution in [1.29, 1.82) is 0 Å². The molecule has 2 aromatic heterocycles. The van der Waals surface area contributed by atoms with Crippen LogP contribution in [0.2, 0.25) is 0 Å². The second-order valence-corrected chi connectivity index (χ2v) is 7.21. The SMILES string of the molecule is COc1ccc(CN2CC[C@@H](c3cc4nc(C)c(C)c(=O)n4[nH]3)C2)c(F)c1. The number of fused-ring (bicyclic) bond motifs is 1. The van der Waals surface area contributed by atoms with Gasteiger partial charge in [-0.05, 0) is 32.9 Å². The van der Waals surface area contributed by atoms with E-state index in [1.54, 1.807) is 19.1 Å². The first kappa shape index (κ1) is 17.7.